The Hall–Kier alpha value is -0.600. The van der Waals surface area contributed by atoms with Crippen molar-refractivity contribution in [2.75, 3.05) is 6.54 Å². The molecule has 1 aromatic rings. The Morgan fingerprint density at radius 3 is 2.93 bits per heavy atom. The van der Waals surface area contributed by atoms with Crippen molar-refractivity contribution in [3.8, 4) is 0 Å². The second kappa shape index (κ2) is 4.28. The molecule has 1 aliphatic carbocycles. The summed E-state index contributed by atoms with van der Waals surface area (Å²) in [4.78, 5) is 6.77. The second-order valence-electron chi connectivity index (χ2n) is 3.76. The summed E-state index contributed by atoms with van der Waals surface area (Å²) in [5, 5.41) is 0.779. The monoisotopic (exact) mass is 210 g/mol. The zero-order valence-corrected chi connectivity index (χ0v) is 9.17. The van der Waals surface area contributed by atoms with Gasteiger partial charge in [0.1, 0.15) is 0 Å². The summed E-state index contributed by atoms with van der Waals surface area (Å²) in [5.41, 5.74) is 1.08. The Morgan fingerprint density at radius 2 is 2.36 bits per heavy atom. The highest BCUT2D eigenvalue weighted by molar-refractivity contribution is 6.30. The molecule has 0 N–H and O–H groups in total. The van der Waals surface area contributed by atoms with E-state index in [0.717, 1.165) is 29.8 Å². The molecule has 0 amide bonds. The number of hydrogen-bond acceptors (Lipinski definition) is 2. The molecule has 0 radical (unpaired) electrons. The molecule has 1 aliphatic rings. The molecule has 76 valence electrons. The van der Waals surface area contributed by atoms with Gasteiger partial charge in [0.2, 0.25) is 0 Å². The Morgan fingerprint density at radius 1 is 1.57 bits per heavy atom. The lowest BCUT2D eigenvalue weighted by molar-refractivity contribution is 0.266. The molecule has 1 fully saturated rings. The molecule has 0 saturated heterocycles. The Bertz CT molecular complexity index is 310. The standard InChI is InChI=1S/C11H15ClN2/c1-2-14(11-3-4-11)8-10-7-9(12)5-6-13-10/h5-7,11H,2-4,8H2,1H3. The maximum atomic E-state index is 5.91. The number of pyridine rings is 1. The largest absolute Gasteiger partial charge is 0.295 e. The van der Waals surface area contributed by atoms with Crippen molar-refractivity contribution in [1.29, 1.82) is 0 Å². The lowest BCUT2D eigenvalue weighted by Gasteiger charge is -2.18. The van der Waals surface area contributed by atoms with Crippen molar-refractivity contribution in [2.45, 2.75) is 32.4 Å². The molecule has 3 heteroatoms. The zero-order valence-electron chi connectivity index (χ0n) is 8.41. The van der Waals surface area contributed by atoms with E-state index in [1.54, 1.807) is 6.20 Å². The van der Waals surface area contributed by atoms with Crippen LogP contribution < -0.4 is 0 Å². The molecule has 14 heavy (non-hydrogen) atoms. The van der Waals surface area contributed by atoms with Crippen molar-refractivity contribution in [3.05, 3.63) is 29.0 Å². The topological polar surface area (TPSA) is 16.1 Å². The number of rotatable bonds is 4. The minimum absolute atomic E-state index is 0.779. The third-order valence-corrected chi connectivity index (χ3v) is 2.85. The smallest absolute Gasteiger partial charge is 0.0558 e. The van der Waals surface area contributed by atoms with Crippen molar-refractivity contribution >= 4 is 11.6 Å². The van der Waals surface area contributed by atoms with Gasteiger partial charge in [-0.1, -0.05) is 18.5 Å². The average molecular weight is 211 g/mol. The molecule has 1 aromatic heterocycles. The van der Waals surface area contributed by atoms with Crippen molar-refractivity contribution < 1.29 is 0 Å². The summed E-state index contributed by atoms with van der Waals surface area (Å²) in [6.45, 7) is 4.23. The molecule has 2 rings (SSSR count). The molecular formula is C11H15ClN2. The van der Waals surface area contributed by atoms with Crippen LogP contribution in [0.1, 0.15) is 25.5 Å². The number of hydrogen-bond donors (Lipinski definition) is 0. The van der Waals surface area contributed by atoms with Gasteiger partial charge in [0.05, 0.1) is 5.69 Å². The maximum absolute atomic E-state index is 5.91. The second-order valence-corrected chi connectivity index (χ2v) is 4.20. The van der Waals surface area contributed by atoms with Crippen LogP contribution in [0.5, 0.6) is 0 Å². The molecule has 0 unspecified atom stereocenters. The van der Waals surface area contributed by atoms with E-state index in [2.05, 4.69) is 16.8 Å². The van der Waals surface area contributed by atoms with Gasteiger partial charge in [-0.15, -0.1) is 0 Å². The van der Waals surface area contributed by atoms with Crippen molar-refractivity contribution in [2.24, 2.45) is 0 Å². The van der Waals surface area contributed by atoms with Gasteiger partial charge in [0.15, 0.2) is 0 Å². The van der Waals surface area contributed by atoms with Gasteiger partial charge in [0, 0.05) is 23.8 Å². The summed E-state index contributed by atoms with van der Waals surface area (Å²) in [5.74, 6) is 0. The number of nitrogens with zero attached hydrogens (tertiary/aromatic N) is 2. The van der Waals surface area contributed by atoms with Gasteiger partial charge in [0.25, 0.3) is 0 Å². The number of aromatic nitrogens is 1. The van der Waals surface area contributed by atoms with Crippen molar-refractivity contribution in [1.82, 2.24) is 9.88 Å². The van der Waals surface area contributed by atoms with Gasteiger partial charge >= 0.3 is 0 Å². The summed E-state index contributed by atoms with van der Waals surface area (Å²) in [6.07, 6.45) is 4.46. The quantitative estimate of drug-likeness (QED) is 0.760. The molecule has 2 nitrogen and oxygen atoms in total. The first-order valence-corrected chi connectivity index (χ1v) is 5.52. The zero-order chi connectivity index (χ0) is 9.97. The highest BCUT2D eigenvalue weighted by Crippen LogP contribution is 2.27. The molecule has 0 bridgehead atoms. The predicted octanol–water partition coefficient (Wildman–Crippen LogP) is 2.72. The van der Waals surface area contributed by atoms with Gasteiger partial charge in [-0.05, 0) is 31.5 Å². The van der Waals surface area contributed by atoms with E-state index in [-0.39, 0.29) is 0 Å². The van der Waals surface area contributed by atoms with Gasteiger partial charge < -0.3 is 0 Å². The highest BCUT2D eigenvalue weighted by atomic mass is 35.5. The molecule has 1 saturated carbocycles. The maximum Gasteiger partial charge on any atom is 0.0558 e. The first-order valence-electron chi connectivity index (χ1n) is 5.14. The van der Waals surface area contributed by atoms with E-state index >= 15 is 0 Å². The Balaban J connectivity index is 2.01. The average Bonchev–Trinajstić information content (AvgIpc) is 2.97. The minimum atomic E-state index is 0.779. The fourth-order valence-corrected chi connectivity index (χ4v) is 1.86. The lowest BCUT2D eigenvalue weighted by Crippen LogP contribution is -2.25. The van der Waals surface area contributed by atoms with E-state index in [1.807, 2.05) is 12.1 Å². The summed E-state index contributed by atoms with van der Waals surface area (Å²) in [6, 6.07) is 4.56. The number of halogens is 1. The first-order chi connectivity index (χ1) is 6.79. The molecule has 1 heterocycles. The third kappa shape index (κ3) is 2.46. The van der Waals surface area contributed by atoms with Crippen LogP contribution in [0.25, 0.3) is 0 Å². The third-order valence-electron chi connectivity index (χ3n) is 2.61. The SMILES string of the molecule is CCN(Cc1cc(Cl)ccn1)C1CC1. The first kappa shape index (κ1) is 9.94. The van der Waals surface area contributed by atoms with E-state index in [1.165, 1.54) is 12.8 Å². The van der Waals surface area contributed by atoms with Crippen molar-refractivity contribution in [3.63, 3.8) is 0 Å². The van der Waals surface area contributed by atoms with Gasteiger partial charge in [-0.3, -0.25) is 9.88 Å². The Labute approximate surface area is 89.9 Å². The van der Waals surface area contributed by atoms with Crippen LogP contribution in [0.15, 0.2) is 18.3 Å². The Kier molecular flexibility index (Phi) is 3.04. The predicted molar refractivity (Wildman–Crippen MR) is 58.4 cm³/mol. The lowest BCUT2D eigenvalue weighted by atomic mass is 10.3. The normalized spacial score (nSPS) is 16.2. The van der Waals surface area contributed by atoms with Crippen LogP contribution in [0.2, 0.25) is 5.02 Å². The van der Waals surface area contributed by atoms with Crippen LogP contribution in [0, 0.1) is 0 Å². The summed E-state index contributed by atoms with van der Waals surface area (Å²) < 4.78 is 0. The van der Waals surface area contributed by atoms with E-state index < -0.39 is 0 Å². The molecule has 0 atom stereocenters. The van der Waals surface area contributed by atoms with Crippen LogP contribution >= 0.6 is 11.6 Å². The van der Waals surface area contributed by atoms with Gasteiger partial charge in [-0.2, -0.15) is 0 Å². The fourth-order valence-electron chi connectivity index (χ4n) is 1.68. The van der Waals surface area contributed by atoms with Gasteiger partial charge in [-0.25, -0.2) is 0 Å². The van der Waals surface area contributed by atoms with Crippen LogP contribution in [0.3, 0.4) is 0 Å². The molecule has 0 aliphatic heterocycles. The minimum Gasteiger partial charge on any atom is -0.295 e. The van der Waals surface area contributed by atoms with E-state index in [4.69, 9.17) is 11.6 Å². The van der Waals surface area contributed by atoms with E-state index in [9.17, 15) is 0 Å². The molecule has 0 aromatic carbocycles. The summed E-state index contributed by atoms with van der Waals surface area (Å²) in [7, 11) is 0. The van der Waals surface area contributed by atoms with Crippen LogP contribution in [-0.4, -0.2) is 22.5 Å². The molecular weight excluding hydrogens is 196 g/mol. The molecule has 0 spiro atoms. The van der Waals surface area contributed by atoms with E-state index in [0.29, 0.717) is 0 Å². The van der Waals surface area contributed by atoms with Crippen LogP contribution in [-0.2, 0) is 6.54 Å². The fraction of sp³-hybridized carbons (Fsp3) is 0.545. The summed E-state index contributed by atoms with van der Waals surface area (Å²) >= 11 is 5.91. The van der Waals surface area contributed by atoms with Crippen LogP contribution in [0.4, 0.5) is 0 Å². The highest BCUT2D eigenvalue weighted by Gasteiger charge is 2.27.